The van der Waals surface area contributed by atoms with Crippen molar-refractivity contribution < 1.29 is 9.53 Å². The maximum Gasteiger partial charge on any atom is 0.236 e. The third-order valence-corrected chi connectivity index (χ3v) is 2.31. The van der Waals surface area contributed by atoms with Gasteiger partial charge < -0.3 is 4.74 Å². The Labute approximate surface area is 70.9 Å². The van der Waals surface area contributed by atoms with Crippen LogP contribution < -0.4 is 0 Å². The van der Waals surface area contributed by atoms with Gasteiger partial charge in [0, 0.05) is 5.41 Å². The number of nitrogens with zero attached hydrogens (tertiary/aromatic N) is 2. The molecule has 0 aliphatic carbocycles. The van der Waals surface area contributed by atoms with Crippen molar-refractivity contribution in [3.05, 3.63) is 0 Å². The average molecular weight is 166 g/mol. The number of hydrogen-bond donors (Lipinski definition) is 0. The van der Waals surface area contributed by atoms with E-state index in [0.29, 0.717) is 6.61 Å². The molecule has 0 N–H and O–H groups in total. The Bertz CT molecular complexity index is 273. The summed E-state index contributed by atoms with van der Waals surface area (Å²) in [6, 6.07) is 2.01. The zero-order valence-corrected chi connectivity index (χ0v) is 7.13. The van der Waals surface area contributed by atoms with Gasteiger partial charge >= 0.3 is 0 Å². The van der Waals surface area contributed by atoms with Crippen LogP contribution in [0.3, 0.4) is 0 Å². The third kappa shape index (κ3) is 1.04. The Balaban J connectivity index is 3.10. The number of rotatable bonds is 1. The van der Waals surface area contributed by atoms with E-state index in [2.05, 4.69) is 4.99 Å². The molecule has 1 atom stereocenters. The minimum absolute atomic E-state index is 0.186. The van der Waals surface area contributed by atoms with Gasteiger partial charge in [-0.1, -0.05) is 13.8 Å². The predicted molar refractivity (Wildman–Crippen MR) is 41.1 cm³/mol. The highest BCUT2D eigenvalue weighted by Crippen LogP contribution is 2.39. The lowest BCUT2D eigenvalue weighted by molar-refractivity contribution is 0.166. The summed E-state index contributed by atoms with van der Waals surface area (Å²) in [7, 11) is 0. The Kier molecular flexibility index (Phi) is 2.01. The van der Waals surface area contributed by atoms with E-state index in [-0.39, 0.29) is 6.61 Å². The lowest BCUT2D eigenvalue weighted by Crippen LogP contribution is -2.40. The van der Waals surface area contributed by atoms with Gasteiger partial charge in [-0.05, 0) is 0 Å². The molecule has 4 nitrogen and oxygen atoms in total. The zero-order chi connectivity index (χ0) is 9.24. The van der Waals surface area contributed by atoms with Gasteiger partial charge in [0.1, 0.15) is 0 Å². The highest BCUT2D eigenvalue weighted by atomic mass is 16.5. The van der Waals surface area contributed by atoms with E-state index in [1.165, 1.54) is 6.08 Å². The van der Waals surface area contributed by atoms with E-state index in [0.717, 1.165) is 0 Å². The SMILES string of the molecule is CC1(C)COCC1(C#N)N=C=O. The smallest absolute Gasteiger partial charge is 0.236 e. The molecule has 4 heteroatoms. The van der Waals surface area contributed by atoms with E-state index in [1.54, 1.807) is 0 Å². The molecule has 0 saturated carbocycles. The van der Waals surface area contributed by atoms with Crippen LogP contribution in [0.4, 0.5) is 0 Å². The standard InChI is InChI=1S/C8H10N2O2/c1-7(2)4-12-5-8(7,3-9)10-6-11/h4-5H2,1-2H3. The molecule has 0 aromatic heterocycles. The Hall–Kier alpha value is -1.17. The van der Waals surface area contributed by atoms with Crippen molar-refractivity contribution >= 4 is 6.08 Å². The molecule has 0 radical (unpaired) electrons. The van der Waals surface area contributed by atoms with Crippen LogP contribution in [0, 0.1) is 16.7 Å². The number of ether oxygens (including phenoxy) is 1. The molecule has 1 heterocycles. The van der Waals surface area contributed by atoms with Gasteiger partial charge in [0.2, 0.25) is 6.08 Å². The monoisotopic (exact) mass is 166 g/mol. The fraction of sp³-hybridized carbons (Fsp3) is 0.750. The molecule has 1 aliphatic rings. The quantitative estimate of drug-likeness (QED) is 0.424. The van der Waals surface area contributed by atoms with Crippen LogP contribution in [0.25, 0.3) is 0 Å². The maximum atomic E-state index is 10.1. The first-order valence-corrected chi connectivity index (χ1v) is 3.66. The molecule has 0 aromatic rings. The second-order valence-corrected chi connectivity index (χ2v) is 3.55. The zero-order valence-electron chi connectivity index (χ0n) is 7.13. The average Bonchev–Trinajstić information content (AvgIpc) is 2.29. The number of nitriles is 1. The molecule has 0 bridgehead atoms. The van der Waals surface area contributed by atoms with E-state index >= 15 is 0 Å². The minimum atomic E-state index is -1.03. The Morgan fingerprint density at radius 2 is 2.17 bits per heavy atom. The molecule has 12 heavy (non-hydrogen) atoms. The van der Waals surface area contributed by atoms with Crippen LogP contribution in [0.1, 0.15) is 13.8 Å². The second kappa shape index (κ2) is 2.71. The lowest BCUT2D eigenvalue weighted by atomic mass is 9.76. The molecular weight excluding hydrogens is 156 g/mol. The molecule has 0 amide bonds. The molecule has 0 aromatic carbocycles. The van der Waals surface area contributed by atoms with Gasteiger partial charge in [-0.2, -0.15) is 10.3 Å². The van der Waals surface area contributed by atoms with Crippen LogP contribution in [-0.4, -0.2) is 24.8 Å². The maximum absolute atomic E-state index is 10.1. The van der Waals surface area contributed by atoms with E-state index in [1.807, 2.05) is 19.9 Å². The molecule has 1 rings (SSSR count). The minimum Gasteiger partial charge on any atom is -0.377 e. The topological polar surface area (TPSA) is 62.4 Å². The number of hydrogen-bond acceptors (Lipinski definition) is 4. The fourth-order valence-electron chi connectivity index (χ4n) is 1.24. The molecule has 1 saturated heterocycles. The van der Waals surface area contributed by atoms with Crippen molar-refractivity contribution in [1.82, 2.24) is 0 Å². The number of aliphatic imine (C=N–C) groups is 1. The number of isocyanates is 1. The Morgan fingerprint density at radius 1 is 1.50 bits per heavy atom. The number of carbonyl (C=O) groups excluding carboxylic acids is 1. The molecule has 64 valence electrons. The first-order valence-electron chi connectivity index (χ1n) is 3.66. The summed E-state index contributed by atoms with van der Waals surface area (Å²) in [4.78, 5) is 13.6. The second-order valence-electron chi connectivity index (χ2n) is 3.55. The first kappa shape index (κ1) is 8.92. The summed E-state index contributed by atoms with van der Waals surface area (Å²) in [6.07, 6.45) is 1.43. The highest BCUT2D eigenvalue weighted by molar-refractivity contribution is 5.38. The Morgan fingerprint density at radius 3 is 2.50 bits per heavy atom. The summed E-state index contributed by atoms with van der Waals surface area (Å²) in [5, 5.41) is 8.88. The summed E-state index contributed by atoms with van der Waals surface area (Å²) < 4.78 is 5.12. The van der Waals surface area contributed by atoms with Crippen LogP contribution in [0.15, 0.2) is 4.99 Å². The lowest BCUT2D eigenvalue weighted by Gasteiger charge is -2.27. The van der Waals surface area contributed by atoms with Gasteiger partial charge in [-0.15, -0.1) is 0 Å². The van der Waals surface area contributed by atoms with Gasteiger partial charge in [0.15, 0.2) is 5.54 Å². The molecule has 1 aliphatic heterocycles. The molecular formula is C8H10N2O2. The normalized spacial score (nSPS) is 32.1. The van der Waals surface area contributed by atoms with Crippen LogP contribution >= 0.6 is 0 Å². The summed E-state index contributed by atoms with van der Waals surface area (Å²) in [6.45, 7) is 4.34. The predicted octanol–water partition coefficient (Wildman–Crippen LogP) is 0.641. The van der Waals surface area contributed by atoms with Crippen molar-refractivity contribution in [3.8, 4) is 6.07 Å². The fourth-order valence-corrected chi connectivity index (χ4v) is 1.24. The largest absolute Gasteiger partial charge is 0.377 e. The summed E-state index contributed by atoms with van der Waals surface area (Å²) in [5.41, 5.74) is -1.44. The van der Waals surface area contributed by atoms with Crippen LogP contribution in [-0.2, 0) is 9.53 Å². The van der Waals surface area contributed by atoms with Gasteiger partial charge in [-0.25, -0.2) is 4.79 Å². The van der Waals surface area contributed by atoms with Crippen molar-refractivity contribution in [2.75, 3.05) is 13.2 Å². The third-order valence-electron chi connectivity index (χ3n) is 2.31. The van der Waals surface area contributed by atoms with Crippen molar-refractivity contribution in [3.63, 3.8) is 0 Å². The molecule has 1 fully saturated rings. The highest BCUT2D eigenvalue weighted by Gasteiger charge is 2.51. The van der Waals surface area contributed by atoms with Crippen LogP contribution in [0.2, 0.25) is 0 Å². The van der Waals surface area contributed by atoms with E-state index < -0.39 is 11.0 Å². The van der Waals surface area contributed by atoms with E-state index in [9.17, 15) is 4.79 Å². The van der Waals surface area contributed by atoms with Crippen molar-refractivity contribution in [2.24, 2.45) is 10.4 Å². The van der Waals surface area contributed by atoms with Gasteiger partial charge in [-0.3, -0.25) is 0 Å². The first-order chi connectivity index (χ1) is 5.58. The van der Waals surface area contributed by atoms with Gasteiger partial charge in [0.05, 0.1) is 19.3 Å². The summed E-state index contributed by atoms with van der Waals surface area (Å²) >= 11 is 0. The summed E-state index contributed by atoms with van der Waals surface area (Å²) in [5.74, 6) is 0. The molecule has 0 spiro atoms. The molecule has 1 unspecified atom stereocenters. The van der Waals surface area contributed by atoms with Crippen molar-refractivity contribution in [1.29, 1.82) is 5.26 Å². The van der Waals surface area contributed by atoms with E-state index in [4.69, 9.17) is 10.00 Å². The van der Waals surface area contributed by atoms with Crippen LogP contribution in [0.5, 0.6) is 0 Å². The van der Waals surface area contributed by atoms with Gasteiger partial charge in [0.25, 0.3) is 0 Å². The van der Waals surface area contributed by atoms with Crippen molar-refractivity contribution in [2.45, 2.75) is 19.4 Å².